The summed E-state index contributed by atoms with van der Waals surface area (Å²) in [7, 11) is 0. The van der Waals surface area contributed by atoms with Crippen LogP contribution < -0.4 is 5.32 Å². The standard InChI is InChI=1S/C18H21NO/c1-13-17(20)12-16(14-8-4-2-5-9-14)19-18(13)15-10-6-3-7-11-15/h2-11,13,16-20H,12H2,1H3/t13-,16-,17-,18+/m1/s1. The van der Waals surface area contributed by atoms with Crippen molar-refractivity contribution in [1.29, 1.82) is 0 Å². The third kappa shape index (κ3) is 2.62. The van der Waals surface area contributed by atoms with Crippen molar-refractivity contribution >= 4 is 0 Å². The first-order valence-electron chi connectivity index (χ1n) is 7.29. The number of aliphatic hydroxyl groups is 1. The summed E-state index contributed by atoms with van der Waals surface area (Å²) in [4.78, 5) is 0. The molecular weight excluding hydrogens is 246 g/mol. The monoisotopic (exact) mass is 267 g/mol. The molecule has 0 amide bonds. The van der Waals surface area contributed by atoms with Crippen molar-refractivity contribution in [1.82, 2.24) is 5.32 Å². The Morgan fingerprint density at radius 1 is 0.900 bits per heavy atom. The molecule has 0 unspecified atom stereocenters. The van der Waals surface area contributed by atoms with Gasteiger partial charge in [0.2, 0.25) is 0 Å². The molecule has 2 N–H and O–H groups in total. The minimum absolute atomic E-state index is 0.199. The van der Waals surface area contributed by atoms with Crippen molar-refractivity contribution in [3.8, 4) is 0 Å². The molecule has 1 aliphatic rings. The van der Waals surface area contributed by atoms with Gasteiger partial charge in [0, 0.05) is 18.0 Å². The SMILES string of the molecule is C[C@@H]1[C@H](O)C[C@H](c2ccccc2)N[C@@H]1c1ccccc1. The Hall–Kier alpha value is -1.64. The van der Waals surface area contributed by atoms with Crippen LogP contribution in [0.4, 0.5) is 0 Å². The first-order chi connectivity index (χ1) is 9.75. The molecule has 0 aliphatic carbocycles. The Kier molecular flexibility index (Phi) is 3.86. The summed E-state index contributed by atoms with van der Waals surface area (Å²) in [5.74, 6) is 0.220. The van der Waals surface area contributed by atoms with E-state index in [-0.39, 0.29) is 24.1 Å². The zero-order valence-corrected chi connectivity index (χ0v) is 11.7. The van der Waals surface area contributed by atoms with Crippen LogP contribution in [0.5, 0.6) is 0 Å². The van der Waals surface area contributed by atoms with Crippen LogP contribution in [0.25, 0.3) is 0 Å². The highest BCUT2D eigenvalue weighted by Crippen LogP contribution is 2.36. The summed E-state index contributed by atoms with van der Waals surface area (Å²) in [6.45, 7) is 2.12. The summed E-state index contributed by atoms with van der Waals surface area (Å²) in [5.41, 5.74) is 2.50. The Balaban J connectivity index is 1.87. The van der Waals surface area contributed by atoms with Gasteiger partial charge in [-0.2, -0.15) is 0 Å². The normalized spacial score (nSPS) is 30.1. The van der Waals surface area contributed by atoms with Crippen LogP contribution >= 0.6 is 0 Å². The van der Waals surface area contributed by atoms with E-state index in [0.29, 0.717) is 0 Å². The van der Waals surface area contributed by atoms with Crippen molar-refractivity contribution in [2.24, 2.45) is 5.92 Å². The maximum Gasteiger partial charge on any atom is 0.0602 e. The molecule has 2 aromatic carbocycles. The van der Waals surface area contributed by atoms with Crippen molar-refractivity contribution in [2.75, 3.05) is 0 Å². The summed E-state index contributed by atoms with van der Waals surface area (Å²) in [6.07, 6.45) is 0.501. The van der Waals surface area contributed by atoms with E-state index in [9.17, 15) is 5.11 Å². The topological polar surface area (TPSA) is 32.3 Å². The van der Waals surface area contributed by atoms with Gasteiger partial charge in [0.25, 0.3) is 0 Å². The maximum atomic E-state index is 10.4. The fourth-order valence-corrected chi connectivity index (χ4v) is 3.09. The highest BCUT2D eigenvalue weighted by atomic mass is 16.3. The van der Waals surface area contributed by atoms with E-state index in [1.54, 1.807) is 0 Å². The van der Waals surface area contributed by atoms with E-state index in [0.717, 1.165) is 6.42 Å². The molecule has 0 bridgehead atoms. The van der Waals surface area contributed by atoms with Gasteiger partial charge in [0.05, 0.1) is 6.10 Å². The molecule has 1 heterocycles. The molecule has 0 aromatic heterocycles. The Labute approximate surface area is 120 Å². The maximum absolute atomic E-state index is 10.4. The van der Waals surface area contributed by atoms with Crippen molar-refractivity contribution in [3.63, 3.8) is 0 Å². The molecular formula is C18H21NO. The number of aliphatic hydroxyl groups excluding tert-OH is 1. The van der Waals surface area contributed by atoms with E-state index < -0.39 is 0 Å². The average Bonchev–Trinajstić information content (AvgIpc) is 2.51. The van der Waals surface area contributed by atoms with Gasteiger partial charge in [-0.15, -0.1) is 0 Å². The molecule has 2 aromatic rings. The van der Waals surface area contributed by atoms with E-state index >= 15 is 0 Å². The zero-order valence-electron chi connectivity index (χ0n) is 11.7. The summed E-state index contributed by atoms with van der Waals surface area (Å²) < 4.78 is 0. The van der Waals surface area contributed by atoms with Crippen LogP contribution in [0.2, 0.25) is 0 Å². The minimum atomic E-state index is -0.272. The fraction of sp³-hybridized carbons (Fsp3) is 0.333. The second-order valence-corrected chi connectivity index (χ2v) is 5.68. The van der Waals surface area contributed by atoms with Crippen LogP contribution in [0.15, 0.2) is 60.7 Å². The Bertz CT molecular complexity index is 540. The highest BCUT2D eigenvalue weighted by Gasteiger charge is 2.34. The van der Waals surface area contributed by atoms with Crippen LogP contribution in [0.1, 0.15) is 36.6 Å². The number of hydrogen-bond donors (Lipinski definition) is 2. The molecule has 3 rings (SSSR count). The summed E-state index contributed by atoms with van der Waals surface area (Å²) in [6, 6.07) is 21.2. The average molecular weight is 267 g/mol. The molecule has 2 nitrogen and oxygen atoms in total. The van der Waals surface area contributed by atoms with Crippen LogP contribution in [0, 0.1) is 5.92 Å². The zero-order chi connectivity index (χ0) is 13.9. The van der Waals surface area contributed by atoms with E-state index in [1.165, 1.54) is 11.1 Å². The highest BCUT2D eigenvalue weighted by molar-refractivity contribution is 5.25. The number of nitrogens with one attached hydrogen (secondary N) is 1. The lowest BCUT2D eigenvalue weighted by Crippen LogP contribution is -2.43. The largest absolute Gasteiger partial charge is 0.393 e. The molecule has 0 radical (unpaired) electrons. The molecule has 2 heteroatoms. The number of piperidine rings is 1. The molecule has 0 spiro atoms. The molecule has 104 valence electrons. The third-order valence-electron chi connectivity index (χ3n) is 4.35. The van der Waals surface area contributed by atoms with Crippen molar-refractivity contribution in [3.05, 3.63) is 71.8 Å². The van der Waals surface area contributed by atoms with Gasteiger partial charge in [-0.3, -0.25) is 0 Å². The predicted octanol–water partition coefficient (Wildman–Crippen LogP) is 3.46. The Morgan fingerprint density at radius 2 is 1.45 bits per heavy atom. The third-order valence-corrected chi connectivity index (χ3v) is 4.35. The van der Waals surface area contributed by atoms with Gasteiger partial charge < -0.3 is 10.4 Å². The van der Waals surface area contributed by atoms with Gasteiger partial charge in [-0.25, -0.2) is 0 Å². The lowest BCUT2D eigenvalue weighted by molar-refractivity contribution is 0.0402. The Morgan fingerprint density at radius 3 is 2.05 bits per heavy atom. The molecule has 0 saturated carbocycles. The smallest absolute Gasteiger partial charge is 0.0602 e. The molecule has 20 heavy (non-hydrogen) atoms. The van der Waals surface area contributed by atoms with E-state index in [2.05, 4.69) is 60.8 Å². The molecule has 4 atom stereocenters. The predicted molar refractivity (Wildman–Crippen MR) is 81.3 cm³/mol. The van der Waals surface area contributed by atoms with Gasteiger partial charge in [0.1, 0.15) is 0 Å². The van der Waals surface area contributed by atoms with Gasteiger partial charge >= 0.3 is 0 Å². The van der Waals surface area contributed by atoms with Crippen molar-refractivity contribution < 1.29 is 5.11 Å². The first-order valence-corrected chi connectivity index (χ1v) is 7.29. The molecule has 1 saturated heterocycles. The minimum Gasteiger partial charge on any atom is -0.393 e. The van der Waals surface area contributed by atoms with Gasteiger partial charge in [-0.1, -0.05) is 67.6 Å². The number of benzene rings is 2. The first kappa shape index (κ1) is 13.3. The van der Waals surface area contributed by atoms with Crippen molar-refractivity contribution in [2.45, 2.75) is 31.5 Å². The quantitative estimate of drug-likeness (QED) is 0.873. The van der Waals surface area contributed by atoms with Crippen LogP contribution in [-0.4, -0.2) is 11.2 Å². The lowest BCUT2D eigenvalue weighted by atomic mass is 9.81. The lowest BCUT2D eigenvalue weighted by Gasteiger charge is -2.39. The van der Waals surface area contributed by atoms with Gasteiger partial charge in [-0.05, 0) is 17.5 Å². The number of hydrogen-bond acceptors (Lipinski definition) is 2. The fourth-order valence-electron chi connectivity index (χ4n) is 3.09. The van der Waals surface area contributed by atoms with Crippen LogP contribution in [0.3, 0.4) is 0 Å². The van der Waals surface area contributed by atoms with E-state index in [1.807, 2.05) is 12.1 Å². The second kappa shape index (κ2) is 5.78. The molecule has 1 aliphatic heterocycles. The summed E-state index contributed by atoms with van der Waals surface area (Å²) >= 11 is 0. The molecule has 1 fully saturated rings. The summed E-state index contributed by atoms with van der Waals surface area (Å²) in [5, 5.41) is 14.1. The second-order valence-electron chi connectivity index (χ2n) is 5.68. The van der Waals surface area contributed by atoms with Gasteiger partial charge in [0.15, 0.2) is 0 Å². The number of rotatable bonds is 2. The van der Waals surface area contributed by atoms with E-state index in [4.69, 9.17) is 0 Å². The van der Waals surface area contributed by atoms with Crippen LogP contribution in [-0.2, 0) is 0 Å².